The molecule has 0 aromatic carbocycles. The molecule has 0 unspecified atom stereocenters. The molecule has 0 atom stereocenters. The van der Waals surface area contributed by atoms with Crippen molar-refractivity contribution in [2.45, 2.75) is 0 Å². The highest BCUT2D eigenvalue weighted by atomic mass is 79.9. The molecular formula is C12H18BrN3O2. The third-order valence-electron chi connectivity index (χ3n) is 2.22. The minimum absolute atomic E-state index is 0.147. The van der Waals surface area contributed by atoms with Crippen molar-refractivity contribution in [1.82, 2.24) is 15.2 Å². The third-order valence-corrected chi connectivity index (χ3v) is 2.85. The largest absolute Gasteiger partial charge is 0.378 e. The molecule has 0 saturated carbocycles. The molecule has 0 radical (unpaired) electrons. The van der Waals surface area contributed by atoms with Crippen molar-refractivity contribution in [2.24, 2.45) is 0 Å². The Morgan fingerprint density at radius 3 is 2.94 bits per heavy atom. The molecule has 5 nitrogen and oxygen atoms in total. The van der Waals surface area contributed by atoms with Crippen molar-refractivity contribution in [1.29, 1.82) is 0 Å². The number of carbonyl (C=O) groups excluding carboxylic acids is 1. The Balaban J connectivity index is 2.20. The molecule has 18 heavy (non-hydrogen) atoms. The zero-order valence-electron chi connectivity index (χ0n) is 10.6. The van der Waals surface area contributed by atoms with Crippen LogP contribution in [0.3, 0.4) is 0 Å². The van der Waals surface area contributed by atoms with Crippen molar-refractivity contribution in [3.63, 3.8) is 0 Å². The average Bonchev–Trinajstić information content (AvgIpc) is 2.33. The number of ether oxygens (including phenoxy) is 1. The number of pyridine rings is 1. The summed E-state index contributed by atoms with van der Waals surface area (Å²) in [6, 6.07) is 3.45. The number of hydrogen-bond acceptors (Lipinski definition) is 4. The molecule has 0 aliphatic rings. The van der Waals surface area contributed by atoms with Gasteiger partial charge in [-0.3, -0.25) is 4.79 Å². The van der Waals surface area contributed by atoms with E-state index in [0.717, 1.165) is 6.54 Å². The van der Waals surface area contributed by atoms with Gasteiger partial charge in [0.05, 0.1) is 18.8 Å². The van der Waals surface area contributed by atoms with Crippen molar-refractivity contribution in [3.8, 4) is 0 Å². The monoisotopic (exact) mass is 315 g/mol. The van der Waals surface area contributed by atoms with E-state index in [1.54, 1.807) is 18.3 Å². The molecule has 1 N–H and O–H groups in total. The van der Waals surface area contributed by atoms with E-state index in [0.29, 0.717) is 29.9 Å². The van der Waals surface area contributed by atoms with Gasteiger partial charge in [-0.15, -0.1) is 0 Å². The number of nitrogens with one attached hydrogen (secondary N) is 1. The van der Waals surface area contributed by atoms with Gasteiger partial charge in [0, 0.05) is 19.3 Å². The van der Waals surface area contributed by atoms with E-state index in [1.165, 1.54) is 0 Å². The molecule has 1 aromatic heterocycles. The fourth-order valence-electron chi connectivity index (χ4n) is 1.24. The maximum absolute atomic E-state index is 11.8. The van der Waals surface area contributed by atoms with Crippen LogP contribution in [0.1, 0.15) is 10.4 Å². The van der Waals surface area contributed by atoms with Crippen molar-refractivity contribution in [3.05, 3.63) is 28.5 Å². The highest BCUT2D eigenvalue weighted by Crippen LogP contribution is 2.11. The quantitative estimate of drug-likeness (QED) is 0.606. The summed E-state index contributed by atoms with van der Waals surface area (Å²) in [4.78, 5) is 17.8. The summed E-state index contributed by atoms with van der Waals surface area (Å²) in [5.41, 5.74) is 0.533. The number of aromatic nitrogens is 1. The Morgan fingerprint density at radius 2 is 2.28 bits per heavy atom. The predicted molar refractivity (Wildman–Crippen MR) is 73.6 cm³/mol. The van der Waals surface area contributed by atoms with Crippen LogP contribution in [-0.4, -0.2) is 56.2 Å². The van der Waals surface area contributed by atoms with Crippen LogP contribution in [0.25, 0.3) is 0 Å². The first-order valence-electron chi connectivity index (χ1n) is 5.72. The summed E-state index contributed by atoms with van der Waals surface area (Å²) in [6.45, 7) is 2.55. The van der Waals surface area contributed by atoms with E-state index in [4.69, 9.17) is 4.74 Å². The van der Waals surface area contributed by atoms with Crippen molar-refractivity contribution < 1.29 is 9.53 Å². The lowest BCUT2D eigenvalue weighted by molar-refractivity contribution is 0.0899. The Bertz CT molecular complexity index is 385. The maximum atomic E-state index is 11.8. The molecule has 0 bridgehead atoms. The minimum Gasteiger partial charge on any atom is -0.378 e. The number of amides is 1. The molecule has 1 heterocycles. The second-order valence-corrected chi connectivity index (χ2v) is 4.76. The molecule has 1 amide bonds. The SMILES string of the molecule is CN(C)CCOCCNC(=O)c1cccnc1Br. The number of carbonyl (C=O) groups is 1. The van der Waals surface area contributed by atoms with Crippen LogP contribution in [0.4, 0.5) is 0 Å². The first-order valence-corrected chi connectivity index (χ1v) is 6.51. The van der Waals surface area contributed by atoms with Gasteiger partial charge in [0.1, 0.15) is 4.60 Å². The summed E-state index contributed by atoms with van der Waals surface area (Å²) in [5, 5.41) is 2.78. The molecule has 0 spiro atoms. The number of halogens is 1. The Morgan fingerprint density at radius 1 is 1.50 bits per heavy atom. The summed E-state index contributed by atoms with van der Waals surface area (Å²) < 4.78 is 5.93. The summed E-state index contributed by atoms with van der Waals surface area (Å²) >= 11 is 3.24. The average molecular weight is 316 g/mol. The van der Waals surface area contributed by atoms with E-state index in [2.05, 4.69) is 26.2 Å². The lowest BCUT2D eigenvalue weighted by Crippen LogP contribution is -2.28. The minimum atomic E-state index is -0.147. The molecule has 0 aliphatic heterocycles. The number of hydrogen-bond donors (Lipinski definition) is 1. The Hall–Kier alpha value is -0.980. The second-order valence-electron chi connectivity index (χ2n) is 4.01. The van der Waals surface area contributed by atoms with Gasteiger partial charge >= 0.3 is 0 Å². The number of likely N-dealkylation sites (N-methyl/N-ethyl adjacent to an activating group) is 1. The zero-order chi connectivity index (χ0) is 13.4. The van der Waals surface area contributed by atoms with Crippen LogP contribution in [-0.2, 0) is 4.74 Å². The van der Waals surface area contributed by atoms with E-state index in [-0.39, 0.29) is 5.91 Å². The van der Waals surface area contributed by atoms with E-state index in [9.17, 15) is 4.79 Å². The van der Waals surface area contributed by atoms with Crippen LogP contribution in [0.2, 0.25) is 0 Å². The zero-order valence-corrected chi connectivity index (χ0v) is 12.2. The van der Waals surface area contributed by atoms with Crippen LogP contribution in [0.15, 0.2) is 22.9 Å². The highest BCUT2D eigenvalue weighted by molar-refractivity contribution is 9.10. The lowest BCUT2D eigenvalue weighted by Gasteiger charge is -2.10. The molecule has 1 rings (SSSR count). The van der Waals surface area contributed by atoms with Gasteiger partial charge in [0.2, 0.25) is 0 Å². The standard InChI is InChI=1S/C12H18BrN3O2/c1-16(2)7-9-18-8-6-15-12(17)10-4-3-5-14-11(10)13/h3-5H,6-9H2,1-2H3,(H,15,17). The molecular weight excluding hydrogens is 298 g/mol. The molecule has 0 fully saturated rings. The fraction of sp³-hybridized carbons (Fsp3) is 0.500. The van der Waals surface area contributed by atoms with Crippen molar-refractivity contribution >= 4 is 21.8 Å². The fourth-order valence-corrected chi connectivity index (χ4v) is 1.67. The number of nitrogens with zero attached hydrogens (tertiary/aromatic N) is 2. The van der Waals surface area contributed by atoms with Crippen LogP contribution >= 0.6 is 15.9 Å². The molecule has 0 aliphatic carbocycles. The normalized spacial score (nSPS) is 10.7. The van der Waals surface area contributed by atoms with Gasteiger partial charge in [0.25, 0.3) is 5.91 Å². The number of rotatable bonds is 7. The van der Waals surface area contributed by atoms with Crippen LogP contribution in [0, 0.1) is 0 Å². The van der Waals surface area contributed by atoms with Gasteiger partial charge in [-0.25, -0.2) is 4.98 Å². The smallest absolute Gasteiger partial charge is 0.254 e. The lowest BCUT2D eigenvalue weighted by atomic mass is 10.3. The van der Waals surface area contributed by atoms with Crippen LogP contribution < -0.4 is 5.32 Å². The van der Waals surface area contributed by atoms with Gasteiger partial charge in [-0.2, -0.15) is 0 Å². The van der Waals surface area contributed by atoms with E-state index >= 15 is 0 Å². The van der Waals surface area contributed by atoms with Gasteiger partial charge < -0.3 is 15.0 Å². The maximum Gasteiger partial charge on any atom is 0.254 e. The van der Waals surface area contributed by atoms with E-state index < -0.39 is 0 Å². The molecule has 6 heteroatoms. The second kappa shape index (κ2) is 8.18. The van der Waals surface area contributed by atoms with Crippen LogP contribution in [0.5, 0.6) is 0 Å². The van der Waals surface area contributed by atoms with Crippen molar-refractivity contribution in [2.75, 3.05) is 40.4 Å². The first-order chi connectivity index (χ1) is 8.61. The van der Waals surface area contributed by atoms with Gasteiger partial charge in [-0.1, -0.05) is 0 Å². The predicted octanol–water partition coefficient (Wildman–Crippen LogP) is 1.15. The van der Waals surface area contributed by atoms with Gasteiger partial charge in [-0.05, 0) is 42.2 Å². The topological polar surface area (TPSA) is 54.5 Å². The summed E-state index contributed by atoms with van der Waals surface area (Å²) in [5.74, 6) is -0.147. The molecule has 100 valence electrons. The van der Waals surface area contributed by atoms with Gasteiger partial charge in [0.15, 0.2) is 0 Å². The molecule has 1 aromatic rings. The third kappa shape index (κ3) is 5.57. The van der Waals surface area contributed by atoms with E-state index in [1.807, 2.05) is 19.0 Å². The first kappa shape index (κ1) is 15.1. The Kier molecular flexibility index (Phi) is 6.85. The summed E-state index contributed by atoms with van der Waals surface area (Å²) in [6.07, 6.45) is 1.63. The summed E-state index contributed by atoms with van der Waals surface area (Å²) in [7, 11) is 3.98. The highest BCUT2D eigenvalue weighted by Gasteiger charge is 2.08. The Labute approximate surface area is 116 Å². The molecule has 0 saturated heterocycles.